The van der Waals surface area contributed by atoms with Gasteiger partial charge in [0.1, 0.15) is 0 Å². The number of benzene rings is 5. The van der Waals surface area contributed by atoms with Crippen molar-refractivity contribution in [1.29, 1.82) is 0 Å². The molecule has 5 aromatic rings. The van der Waals surface area contributed by atoms with E-state index in [0.29, 0.717) is 0 Å². The van der Waals surface area contributed by atoms with Crippen molar-refractivity contribution in [3.8, 4) is 0 Å². The molecule has 0 fully saturated rings. The second-order valence-corrected chi connectivity index (χ2v) is 12.6. The molecule has 1 aliphatic rings. The van der Waals surface area contributed by atoms with Crippen molar-refractivity contribution >= 4 is 40.1 Å². The Hall–Kier alpha value is -3.98. The Balaban J connectivity index is 0.000000192. The van der Waals surface area contributed by atoms with Gasteiger partial charge in [-0.05, 0) is 31.1 Å². The van der Waals surface area contributed by atoms with Gasteiger partial charge in [-0.25, -0.2) is 0 Å². The Morgan fingerprint density at radius 2 is 0.767 bits per heavy atom. The molecule has 0 bridgehead atoms. The summed E-state index contributed by atoms with van der Waals surface area (Å²) in [6, 6.07) is 49.5. The van der Waals surface area contributed by atoms with Crippen LogP contribution in [0.4, 0.5) is 34.1 Å². The number of nitrogens with zero attached hydrogens (tertiary/aromatic N) is 3. The maximum Gasteiger partial charge on any atom is 1.00 e. The summed E-state index contributed by atoms with van der Waals surface area (Å²) < 4.78 is 4.20. The van der Waals surface area contributed by atoms with E-state index in [1.807, 2.05) is 36.4 Å². The molecule has 1 aliphatic heterocycles. The minimum absolute atomic E-state index is 0. The molecule has 0 atom stereocenters. The normalized spacial score (nSPS) is 12.1. The number of hydrogen-bond acceptors (Lipinski definition) is 0. The first-order chi connectivity index (χ1) is 20.1. The Bertz CT molecular complexity index is 1580. The zero-order chi connectivity index (χ0) is 29.7. The number of hydrogen-bond donors (Lipinski definition) is 0. The van der Waals surface area contributed by atoms with Crippen molar-refractivity contribution in [1.82, 2.24) is 9.15 Å². The molecule has 4 heteroatoms. The van der Waals surface area contributed by atoms with Gasteiger partial charge in [0.05, 0.1) is 0 Å². The van der Waals surface area contributed by atoms with Gasteiger partial charge in [0.2, 0.25) is 11.4 Å². The zero-order valence-corrected chi connectivity index (χ0v) is 28.0. The SMILES string of the molecule is C1=[N+](c2ccccc2)c2ccccc2[N+]=1c1ccccc1.CC(C)(C)c1ccc([N-]c2ccc(C(C)(C)C)cc2)cc1.[Au+]. The summed E-state index contributed by atoms with van der Waals surface area (Å²) >= 11 is 0. The summed E-state index contributed by atoms with van der Waals surface area (Å²) in [6.45, 7) is 13.4. The van der Waals surface area contributed by atoms with E-state index in [9.17, 15) is 0 Å². The van der Waals surface area contributed by atoms with E-state index in [1.54, 1.807) is 0 Å². The van der Waals surface area contributed by atoms with Crippen LogP contribution in [0.25, 0.3) is 5.32 Å². The molecule has 0 unspecified atom stereocenters. The van der Waals surface area contributed by atoms with Gasteiger partial charge in [-0.3, -0.25) is 0 Å². The third-order valence-corrected chi connectivity index (χ3v) is 7.32. The largest absolute Gasteiger partial charge is 1.00 e. The van der Waals surface area contributed by atoms with Crippen LogP contribution < -0.4 is 9.15 Å². The summed E-state index contributed by atoms with van der Waals surface area (Å²) in [5.41, 5.74) is 9.58. The third kappa shape index (κ3) is 7.90. The van der Waals surface area contributed by atoms with Gasteiger partial charge in [-0.1, -0.05) is 139 Å². The molecule has 220 valence electrons. The van der Waals surface area contributed by atoms with Gasteiger partial charge in [0.25, 0.3) is 11.4 Å². The molecule has 0 aromatic heterocycles. The van der Waals surface area contributed by atoms with E-state index < -0.39 is 0 Å². The van der Waals surface area contributed by atoms with Crippen molar-refractivity contribution in [3.63, 3.8) is 0 Å². The smallest absolute Gasteiger partial charge is 0.658 e. The molecular formula is C39H40AuN3+2. The van der Waals surface area contributed by atoms with Gasteiger partial charge in [-0.15, -0.1) is 11.4 Å². The summed E-state index contributed by atoms with van der Waals surface area (Å²) in [7, 11) is 0. The summed E-state index contributed by atoms with van der Waals surface area (Å²) in [4.78, 5) is 0. The first kappa shape index (κ1) is 31.9. The van der Waals surface area contributed by atoms with E-state index in [-0.39, 0.29) is 33.2 Å². The molecule has 3 nitrogen and oxygen atoms in total. The summed E-state index contributed by atoms with van der Waals surface area (Å²) in [5.74, 6) is 0. The predicted octanol–water partition coefficient (Wildman–Crippen LogP) is 11.2. The van der Waals surface area contributed by atoms with Gasteiger partial charge in [0.15, 0.2) is 0 Å². The topological polar surface area (TPSA) is 20.1 Å². The van der Waals surface area contributed by atoms with Crippen LogP contribution in [0.15, 0.2) is 133 Å². The van der Waals surface area contributed by atoms with Crippen LogP contribution in [0.5, 0.6) is 0 Å². The van der Waals surface area contributed by atoms with E-state index in [4.69, 9.17) is 0 Å². The molecule has 0 saturated carbocycles. The van der Waals surface area contributed by atoms with Crippen molar-refractivity contribution in [3.05, 3.63) is 150 Å². The third-order valence-electron chi connectivity index (χ3n) is 7.32. The van der Waals surface area contributed by atoms with E-state index in [2.05, 4.69) is 159 Å². The van der Waals surface area contributed by atoms with Crippen LogP contribution in [0, 0.1) is 0 Å². The van der Waals surface area contributed by atoms with Crippen LogP contribution in [-0.4, -0.2) is 6.01 Å². The second kappa shape index (κ2) is 13.5. The Kier molecular flexibility index (Phi) is 10.1. The molecule has 0 N–H and O–H groups in total. The molecule has 0 radical (unpaired) electrons. The van der Waals surface area contributed by atoms with Gasteiger partial charge in [0, 0.05) is 36.4 Å². The summed E-state index contributed by atoms with van der Waals surface area (Å²) in [5, 5.41) is 4.69. The molecule has 0 amide bonds. The van der Waals surface area contributed by atoms with Gasteiger partial charge in [-0.2, -0.15) is 0 Å². The first-order valence-electron chi connectivity index (χ1n) is 14.6. The molecular weight excluding hydrogens is 707 g/mol. The monoisotopic (exact) mass is 747 g/mol. The molecule has 0 saturated heterocycles. The van der Waals surface area contributed by atoms with Crippen molar-refractivity contribution < 1.29 is 22.4 Å². The fourth-order valence-corrected chi connectivity index (χ4v) is 4.82. The maximum atomic E-state index is 4.69. The minimum Gasteiger partial charge on any atom is -0.658 e. The predicted molar refractivity (Wildman–Crippen MR) is 180 cm³/mol. The fourth-order valence-electron chi connectivity index (χ4n) is 4.82. The average Bonchev–Trinajstić information content (AvgIpc) is 3.38. The minimum atomic E-state index is 0. The first-order valence-corrected chi connectivity index (χ1v) is 14.6. The van der Waals surface area contributed by atoms with E-state index >= 15 is 0 Å². The van der Waals surface area contributed by atoms with Crippen LogP contribution in [0.3, 0.4) is 0 Å². The van der Waals surface area contributed by atoms with Crippen LogP contribution in [0.2, 0.25) is 0 Å². The molecule has 6 rings (SSSR count). The molecule has 1 heterocycles. The van der Waals surface area contributed by atoms with Crippen LogP contribution in [-0.2, 0) is 33.2 Å². The zero-order valence-electron chi connectivity index (χ0n) is 25.8. The van der Waals surface area contributed by atoms with Crippen LogP contribution in [0.1, 0.15) is 52.7 Å². The molecule has 43 heavy (non-hydrogen) atoms. The van der Waals surface area contributed by atoms with Crippen molar-refractivity contribution in [2.24, 2.45) is 0 Å². The van der Waals surface area contributed by atoms with Crippen molar-refractivity contribution in [2.75, 3.05) is 0 Å². The molecule has 0 aliphatic carbocycles. The number of para-hydroxylation sites is 4. The number of fused-ring (bicyclic) bond motifs is 1. The maximum absolute atomic E-state index is 4.69. The van der Waals surface area contributed by atoms with Crippen molar-refractivity contribution in [2.45, 2.75) is 52.4 Å². The van der Waals surface area contributed by atoms with Gasteiger partial charge < -0.3 is 5.32 Å². The fraction of sp³-hybridized carbons (Fsp3) is 0.205. The average molecular weight is 748 g/mol. The Morgan fingerprint density at radius 1 is 0.442 bits per heavy atom. The Morgan fingerprint density at radius 3 is 1.09 bits per heavy atom. The summed E-state index contributed by atoms with van der Waals surface area (Å²) in [6.07, 6.45) is 0. The van der Waals surface area contributed by atoms with Crippen LogP contribution >= 0.6 is 0 Å². The van der Waals surface area contributed by atoms with Gasteiger partial charge >= 0.3 is 28.4 Å². The Labute approximate surface area is 272 Å². The molecule has 0 spiro atoms. The number of rotatable bonds is 4. The molecule has 5 aromatic carbocycles. The quantitative estimate of drug-likeness (QED) is 0.126. The standard InChI is InChI=1S/C20H26N.C19H14N2.Au/c1-19(2,3)15-7-11-17(12-8-15)21-18-13-9-16(10-14-18)20(4,5)6;1-3-9-16(10-4-1)20-15-21(17-11-5-2-6-12-17)19-14-8-7-13-18(19)20;/h7-14H,1-6H3;1-14H;/q-1;+2;+1. The van der Waals surface area contributed by atoms with E-state index in [0.717, 1.165) is 34.1 Å². The second-order valence-electron chi connectivity index (χ2n) is 12.6. The van der Waals surface area contributed by atoms with E-state index in [1.165, 1.54) is 11.1 Å².